The van der Waals surface area contributed by atoms with Crippen LogP contribution >= 0.6 is 0 Å². The fraction of sp³-hybridized carbons (Fsp3) is 0.733. The molecule has 2 heteroatoms. The maximum absolute atomic E-state index is 9.86. The Morgan fingerprint density at radius 1 is 1.53 bits per heavy atom. The van der Waals surface area contributed by atoms with Crippen molar-refractivity contribution in [1.29, 1.82) is 0 Å². The third kappa shape index (κ3) is 4.29. The Kier molecular flexibility index (Phi) is 4.96. The summed E-state index contributed by atoms with van der Waals surface area (Å²) in [6.45, 7) is 8.12. The van der Waals surface area contributed by atoms with Gasteiger partial charge in [-0.05, 0) is 51.9 Å². The first-order valence-corrected chi connectivity index (χ1v) is 6.56. The molecule has 0 amide bonds. The van der Waals surface area contributed by atoms with Crippen LogP contribution < -0.4 is 0 Å². The lowest BCUT2D eigenvalue weighted by molar-refractivity contribution is -0.0455. The second-order valence-corrected chi connectivity index (χ2v) is 5.84. The molecule has 0 aromatic carbocycles. The molecule has 0 aromatic heterocycles. The summed E-state index contributed by atoms with van der Waals surface area (Å²) in [5, 5.41) is 19.7. The third-order valence-electron chi connectivity index (χ3n) is 3.76. The van der Waals surface area contributed by atoms with E-state index in [0.29, 0.717) is 18.3 Å². The van der Waals surface area contributed by atoms with Gasteiger partial charge in [0.15, 0.2) is 0 Å². The van der Waals surface area contributed by atoms with Crippen LogP contribution in [-0.4, -0.2) is 21.9 Å². The highest BCUT2D eigenvalue weighted by Gasteiger charge is 2.34. The van der Waals surface area contributed by atoms with Gasteiger partial charge in [-0.3, -0.25) is 0 Å². The molecule has 0 aliphatic heterocycles. The van der Waals surface area contributed by atoms with E-state index in [9.17, 15) is 10.2 Å². The minimum Gasteiger partial charge on any atom is -0.390 e. The van der Waals surface area contributed by atoms with Gasteiger partial charge in [0, 0.05) is 0 Å². The molecule has 0 spiro atoms. The Balaban J connectivity index is 2.49. The van der Waals surface area contributed by atoms with Gasteiger partial charge >= 0.3 is 0 Å². The second-order valence-electron chi connectivity index (χ2n) is 5.84. The highest BCUT2D eigenvalue weighted by Crippen LogP contribution is 2.32. The number of aliphatic hydroxyl groups is 2. The molecular formula is C15H26O2. The first-order valence-electron chi connectivity index (χ1n) is 6.56. The predicted molar refractivity (Wildman–Crippen MR) is 71.7 cm³/mol. The standard InChI is InChI=1S/C15H26O2/c1-11(2)6-5-7-12(3)13-8-9-15(4,17)14(16)10-13/h6,8-9,12-14,16-17H,5,7,10H2,1-4H3. The van der Waals surface area contributed by atoms with Crippen molar-refractivity contribution >= 4 is 0 Å². The fourth-order valence-electron chi connectivity index (χ4n) is 2.28. The molecule has 0 fully saturated rings. The van der Waals surface area contributed by atoms with Crippen molar-refractivity contribution in [2.45, 2.75) is 58.7 Å². The summed E-state index contributed by atoms with van der Waals surface area (Å²) < 4.78 is 0. The lowest BCUT2D eigenvalue weighted by atomic mass is 9.77. The van der Waals surface area contributed by atoms with E-state index in [-0.39, 0.29) is 0 Å². The Labute approximate surface area is 105 Å². The van der Waals surface area contributed by atoms with Gasteiger partial charge in [0.25, 0.3) is 0 Å². The molecular weight excluding hydrogens is 212 g/mol. The molecule has 0 radical (unpaired) electrons. The molecule has 17 heavy (non-hydrogen) atoms. The Hall–Kier alpha value is -0.600. The number of allylic oxidation sites excluding steroid dienone is 3. The molecule has 1 aliphatic rings. The van der Waals surface area contributed by atoms with Crippen molar-refractivity contribution < 1.29 is 10.2 Å². The summed E-state index contributed by atoms with van der Waals surface area (Å²) in [5.74, 6) is 0.934. The molecule has 98 valence electrons. The summed E-state index contributed by atoms with van der Waals surface area (Å²) in [6.07, 6.45) is 8.34. The van der Waals surface area contributed by atoms with Crippen LogP contribution in [0.5, 0.6) is 0 Å². The summed E-state index contributed by atoms with van der Waals surface area (Å²) >= 11 is 0. The monoisotopic (exact) mass is 238 g/mol. The minimum absolute atomic E-state index is 0.385. The normalized spacial score (nSPS) is 34.5. The Morgan fingerprint density at radius 2 is 2.18 bits per heavy atom. The lowest BCUT2D eigenvalue weighted by Gasteiger charge is -2.35. The average Bonchev–Trinajstić information content (AvgIpc) is 2.21. The summed E-state index contributed by atoms with van der Waals surface area (Å²) in [5.41, 5.74) is 0.315. The number of aliphatic hydroxyl groups excluding tert-OH is 1. The van der Waals surface area contributed by atoms with E-state index in [1.54, 1.807) is 13.0 Å². The molecule has 0 aromatic rings. The van der Waals surface area contributed by atoms with Crippen molar-refractivity contribution in [1.82, 2.24) is 0 Å². The van der Waals surface area contributed by atoms with Crippen LogP contribution in [0.4, 0.5) is 0 Å². The molecule has 0 saturated carbocycles. The van der Waals surface area contributed by atoms with Crippen molar-refractivity contribution in [3.8, 4) is 0 Å². The average molecular weight is 238 g/mol. The van der Waals surface area contributed by atoms with Gasteiger partial charge in [0.2, 0.25) is 0 Å². The first kappa shape index (κ1) is 14.5. The zero-order valence-corrected chi connectivity index (χ0v) is 11.5. The first-order chi connectivity index (χ1) is 7.83. The van der Waals surface area contributed by atoms with E-state index in [2.05, 4.69) is 32.9 Å². The smallest absolute Gasteiger partial charge is 0.106 e. The van der Waals surface area contributed by atoms with Gasteiger partial charge in [0.1, 0.15) is 5.60 Å². The van der Waals surface area contributed by atoms with E-state index in [4.69, 9.17) is 0 Å². The Morgan fingerprint density at radius 3 is 2.71 bits per heavy atom. The van der Waals surface area contributed by atoms with Crippen LogP contribution in [0.3, 0.4) is 0 Å². The third-order valence-corrected chi connectivity index (χ3v) is 3.76. The van der Waals surface area contributed by atoms with E-state index < -0.39 is 11.7 Å². The summed E-state index contributed by atoms with van der Waals surface area (Å²) in [7, 11) is 0. The molecule has 4 unspecified atom stereocenters. The van der Waals surface area contributed by atoms with Crippen LogP contribution in [0.25, 0.3) is 0 Å². The molecule has 0 bridgehead atoms. The molecule has 2 N–H and O–H groups in total. The van der Waals surface area contributed by atoms with Crippen LogP contribution in [0.1, 0.15) is 47.0 Å². The van der Waals surface area contributed by atoms with Crippen molar-refractivity contribution in [2.75, 3.05) is 0 Å². The van der Waals surface area contributed by atoms with Gasteiger partial charge in [0.05, 0.1) is 6.10 Å². The SMILES string of the molecule is CC(C)=CCCC(C)C1C=CC(C)(O)C(O)C1. The van der Waals surface area contributed by atoms with E-state index in [0.717, 1.165) is 12.8 Å². The maximum atomic E-state index is 9.86. The quantitative estimate of drug-likeness (QED) is 0.739. The van der Waals surface area contributed by atoms with Gasteiger partial charge in [-0.1, -0.05) is 30.7 Å². The van der Waals surface area contributed by atoms with E-state index in [1.807, 2.05) is 0 Å². The fourth-order valence-corrected chi connectivity index (χ4v) is 2.28. The van der Waals surface area contributed by atoms with Crippen LogP contribution in [-0.2, 0) is 0 Å². The molecule has 0 heterocycles. The maximum Gasteiger partial charge on any atom is 0.106 e. The topological polar surface area (TPSA) is 40.5 Å². The highest BCUT2D eigenvalue weighted by molar-refractivity contribution is 5.11. The predicted octanol–water partition coefficient (Wildman–Crippen LogP) is 3.06. The van der Waals surface area contributed by atoms with Crippen LogP contribution in [0.2, 0.25) is 0 Å². The number of hydrogen-bond acceptors (Lipinski definition) is 2. The van der Waals surface area contributed by atoms with Gasteiger partial charge in [-0.25, -0.2) is 0 Å². The van der Waals surface area contributed by atoms with Crippen LogP contribution in [0.15, 0.2) is 23.8 Å². The minimum atomic E-state index is -1.05. The molecule has 4 atom stereocenters. The van der Waals surface area contributed by atoms with Crippen LogP contribution in [0, 0.1) is 11.8 Å². The van der Waals surface area contributed by atoms with Crippen molar-refractivity contribution in [3.63, 3.8) is 0 Å². The lowest BCUT2D eigenvalue weighted by Crippen LogP contribution is -2.42. The molecule has 1 aliphatic carbocycles. The number of rotatable bonds is 4. The highest BCUT2D eigenvalue weighted by atomic mass is 16.3. The largest absolute Gasteiger partial charge is 0.390 e. The van der Waals surface area contributed by atoms with E-state index >= 15 is 0 Å². The molecule has 0 saturated heterocycles. The van der Waals surface area contributed by atoms with Gasteiger partial charge in [-0.15, -0.1) is 0 Å². The number of hydrogen-bond donors (Lipinski definition) is 2. The second kappa shape index (κ2) is 5.83. The molecule has 2 nitrogen and oxygen atoms in total. The van der Waals surface area contributed by atoms with Crippen molar-refractivity contribution in [3.05, 3.63) is 23.8 Å². The molecule has 1 rings (SSSR count). The Bertz CT molecular complexity index is 298. The van der Waals surface area contributed by atoms with Crippen molar-refractivity contribution in [2.24, 2.45) is 11.8 Å². The van der Waals surface area contributed by atoms with Gasteiger partial charge in [-0.2, -0.15) is 0 Å². The van der Waals surface area contributed by atoms with E-state index in [1.165, 1.54) is 5.57 Å². The zero-order valence-electron chi connectivity index (χ0n) is 11.5. The zero-order chi connectivity index (χ0) is 13.1. The van der Waals surface area contributed by atoms with Gasteiger partial charge < -0.3 is 10.2 Å². The summed E-state index contributed by atoms with van der Waals surface area (Å²) in [6, 6.07) is 0. The summed E-state index contributed by atoms with van der Waals surface area (Å²) in [4.78, 5) is 0.